The molecule has 0 aliphatic carbocycles. The van der Waals surface area contributed by atoms with Gasteiger partial charge in [-0.2, -0.15) is 13.2 Å². The van der Waals surface area contributed by atoms with E-state index >= 15 is 0 Å². The molecule has 3 nitrogen and oxygen atoms in total. The molecule has 0 bridgehead atoms. The lowest BCUT2D eigenvalue weighted by Gasteiger charge is -2.35. The number of piperidine rings is 1. The van der Waals surface area contributed by atoms with Gasteiger partial charge in [-0.25, -0.2) is 4.98 Å². The van der Waals surface area contributed by atoms with E-state index in [0.717, 1.165) is 38.2 Å². The number of aromatic nitrogens is 1. The maximum Gasteiger partial charge on any atom is 0.417 e. The Morgan fingerprint density at radius 2 is 1.84 bits per heavy atom. The van der Waals surface area contributed by atoms with Crippen molar-refractivity contribution in [3.8, 4) is 0 Å². The Morgan fingerprint density at radius 3 is 2.26 bits per heavy atom. The molecule has 0 aromatic carbocycles. The van der Waals surface area contributed by atoms with Gasteiger partial charge in [0, 0.05) is 25.3 Å². The number of halogens is 3. The molecule has 0 amide bonds. The fourth-order valence-corrected chi connectivity index (χ4v) is 2.35. The van der Waals surface area contributed by atoms with Gasteiger partial charge in [0.05, 0.1) is 5.56 Å². The van der Waals surface area contributed by atoms with Crippen LogP contribution in [0.25, 0.3) is 0 Å². The normalized spacial score (nSPS) is 18.1. The smallest absolute Gasteiger partial charge is 0.357 e. The second-order valence-electron chi connectivity index (χ2n) is 5.08. The summed E-state index contributed by atoms with van der Waals surface area (Å²) in [4.78, 5) is 8.16. The minimum Gasteiger partial charge on any atom is -0.357 e. The van der Waals surface area contributed by atoms with E-state index in [0.29, 0.717) is 11.9 Å². The minimum absolute atomic E-state index is 0.547. The quantitative estimate of drug-likeness (QED) is 0.825. The fraction of sp³-hybridized carbons (Fsp3) is 0.615. The van der Waals surface area contributed by atoms with E-state index in [2.05, 4.69) is 24.0 Å². The predicted octanol–water partition coefficient (Wildman–Crippen LogP) is 2.63. The standard InChI is InChI=1S/C13H18F3N3/c1-18(2)11-5-7-19(8-6-11)12-4-3-10(9-17-12)13(14,15)16/h3-4,9,11H,5-8H2,1-2H3. The number of nitrogens with zero attached hydrogens (tertiary/aromatic N) is 3. The fourth-order valence-electron chi connectivity index (χ4n) is 2.35. The van der Waals surface area contributed by atoms with Crippen molar-refractivity contribution in [2.24, 2.45) is 0 Å². The third-order valence-electron chi connectivity index (χ3n) is 3.59. The topological polar surface area (TPSA) is 19.4 Å². The van der Waals surface area contributed by atoms with Crippen LogP contribution in [0.15, 0.2) is 18.3 Å². The van der Waals surface area contributed by atoms with Crippen molar-refractivity contribution in [3.63, 3.8) is 0 Å². The number of hydrogen-bond donors (Lipinski definition) is 0. The molecule has 19 heavy (non-hydrogen) atoms. The lowest BCUT2D eigenvalue weighted by atomic mass is 10.0. The first-order valence-electron chi connectivity index (χ1n) is 6.32. The van der Waals surface area contributed by atoms with Gasteiger partial charge in [0.25, 0.3) is 0 Å². The number of pyridine rings is 1. The third kappa shape index (κ3) is 3.37. The summed E-state index contributed by atoms with van der Waals surface area (Å²) in [6.07, 6.45) is -1.39. The van der Waals surface area contributed by atoms with Crippen LogP contribution >= 0.6 is 0 Å². The molecule has 0 atom stereocenters. The monoisotopic (exact) mass is 273 g/mol. The van der Waals surface area contributed by atoms with Crippen molar-refractivity contribution in [2.75, 3.05) is 32.1 Å². The third-order valence-corrected chi connectivity index (χ3v) is 3.59. The van der Waals surface area contributed by atoms with E-state index in [1.54, 1.807) is 0 Å². The van der Waals surface area contributed by atoms with Gasteiger partial charge >= 0.3 is 6.18 Å². The van der Waals surface area contributed by atoms with Crippen LogP contribution in [0.4, 0.5) is 19.0 Å². The molecule has 1 aliphatic heterocycles. The van der Waals surface area contributed by atoms with Crippen LogP contribution in [0.3, 0.4) is 0 Å². The van der Waals surface area contributed by atoms with Crippen molar-refractivity contribution >= 4 is 5.82 Å². The van der Waals surface area contributed by atoms with E-state index in [-0.39, 0.29) is 0 Å². The Bertz CT molecular complexity index is 406. The van der Waals surface area contributed by atoms with Crippen LogP contribution in [0.1, 0.15) is 18.4 Å². The molecule has 106 valence electrons. The van der Waals surface area contributed by atoms with Crippen LogP contribution in [0.5, 0.6) is 0 Å². The summed E-state index contributed by atoms with van der Waals surface area (Å²) in [5.41, 5.74) is -0.695. The van der Waals surface area contributed by atoms with Crippen LogP contribution in [0, 0.1) is 0 Å². The van der Waals surface area contributed by atoms with Gasteiger partial charge in [-0.3, -0.25) is 0 Å². The molecular weight excluding hydrogens is 255 g/mol. The highest BCUT2D eigenvalue weighted by atomic mass is 19.4. The average molecular weight is 273 g/mol. The lowest BCUT2D eigenvalue weighted by molar-refractivity contribution is -0.137. The Morgan fingerprint density at radius 1 is 1.21 bits per heavy atom. The Hall–Kier alpha value is -1.30. The number of hydrogen-bond acceptors (Lipinski definition) is 3. The molecule has 1 aromatic rings. The first kappa shape index (κ1) is 14.1. The minimum atomic E-state index is -4.32. The average Bonchev–Trinajstić information content (AvgIpc) is 2.38. The highest BCUT2D eigenvalue weighted by Crippen LogP contribution is 2.29. The molecule has 2 rings (SSSR count). The second-order valence-corrected chi connectivity index (χ2v) is 5.08. The molecule has 2 heterocycles. The van der Waals surface area contributed by atoms with Gasteiger partial charge in [-0.05, 0) is 39.1 Å². The Balaban J connectivity index is 2.00. The van der Waals surface area contributed by atoms with Gasteiger partial charge in [-0.15, -0.1) is 0 Å². The molecular formula is C13H18F3N3. The van der Waals surface area contributed by atoms with E-state index in [4.69, 9.17) is 0 Å². The zero-order valence-corrected chi connectivity index (χ0v) is 11.1. The molecule has 1 aliphatic rings. The van der Waals surface area contributed by atoms with Gasteiger partial charge in [-0.1, -0.05) is 0 Å². The first-order chi connectivity index (χ1) is 8.88. The molecule has 6 heteroatoms. The summed E-state index contributed by atoms with van der Waals surface area (Å²) in [5, 5.41) is 0. The highest BCUT2D eigenvalue weighted by Gasteiger charge is 2.31. The van der Waals surface area contributed by atoms with Crippen molar-refractivity contribution in [1.82, 2.24) is 9.88 Å². The highest BCUT2D eigenvalue weighted by molar-refractivity contribution is 5.40. The van der Waals surface area contributed by atoms with Crippen molar-refractivity contribution in [3.05, 3.63) is 23.9 Å². The second kappa shape index (κ2) is 5.36. The van der Waals surface area contributed by atoms with E-state index < -0.39 is 11.7 Å². The van der Waals surface area contributed by atoms with Crippen molar-refractivity contribution in [2.45, 2.75) is 25.1 Å². The maximum atomic E-state index is 12.4. The van der Waals surface area contributed by atoms with Crippen molar-refractivity contribution in [1.29, 1.82) is 0 Å². The van der Waals surface area contributed by atoms with E-state index in [1.165, 1.54) is 6.07 Å². The van der Waals surface area contributed by atoms with E-state index in [1.807, 2.05) is 4.90 Å². The molecule has 1 aromatic heterocycles. The summed E-state index contributed by atoms with van der Waals surface area (Å²) in [5.74, 6) is 0.630. The molecule has 0 radical (unpaired) electrons. The Kier molecular flexibility index (Phi) is 3.99. The summed E-state index contributed by atoms with van der Waals surface area (Å²) < 4.78 is 37.3. The van der Waals surface area contributed by atoms with Gasteiger partial charge in [0.2, 0.25) is 0 Å². The number of alkyl halides is 3. The SMILES string of the molecule is CN(C)C1CCN(c2ccc(C(F)(F)F)cn2)CC1. The van der Waals surface area contributed by atoms with Crippen molar-refractivity contribution < 1.29 is 13.2 Å². The zero-order valence-electron chi connectivity index (χ0n) is 11.1. The summed E-state index contributed by atoms with van der Waals surface area (Å²) >= 11 is 0. The predicted molar refractivity (Wildman–Crippen MR) is 68.2 cm³/mol. The Labute approximate surface area is 111 Å². The molecule has 0 N–H and O–H groups in total. The summed E-state index contributed by atoms with van der Waals surface area (Å²) in [7, 11) is 4.10. The largest absolute Gasteiger partial charge is 0.417 e. The summed E-state index contributed by atoms with van der Waals surface area (Å²) in [6, 6.07) is 3.10. The number of rotatable bonds is 2. The lowest BCUT2D eigenvalue weighted by Crippen LogP contribution is -2.42. The van der Waals surface area contributed by atoms with Gasteiger partial charge in [0.1, 0.15) is 5.82 Å². The first-order valence-corrected chi connectivity index (χ1v) is 6.32. The van der Waals surface area contributed by atoms with Gasteiger partial charge in [0.15, 0.2) is 0 Å². The van der Waals surface area contributed by atoms with Gasteiger partial charge < -0.3 is 9.80 Å². The zero-order chi connectivity index (χ0) is 14.0. The molecule has 0 unspecified atom stereocenters. The summed E-state index contributed by atoms with van der Waals surface area (Å²) in [6.45, 7) is 1.67. The molecule has 1 fully saturated rings. The van der Waals surface area contributed by atoms with Crippen LogP contribution in [-0.4, -0.2) is 43.1 Å². The van der Waals surface area contributed by atoms with Crippen LogP contribution in [0.2, 0.25) is 0 Å². The molecule has 0 saturated carbocycles. The van der Waals surface area contributed by atoms with E-state index in [9.17, 15) is 13.2 Å². The molecule has 0 spiro atoms. The molecule has 1 saturated heterocycles. The maximum absolute atomic E-state index is 12.4. The van der Waals surface area contributed by atoms with Crippen LogP contribution < -0.4 is 4.90 Å². The van der Waals surface area contributed by atoms with Crippen LogP contribution in [-0.2, 0) is 6.18 Å². The number of anilines is 1.